The average molecular weight is 329 g/mol. The van der Waals surface area contributed by atoms with Crippen molar-refractivity contribution in [2.45, 2.75) is 32.5 Å². The standard InChI is InChI=1S/C19H24FN3O/c1-14-13-23(8-9-24-14)19-10-16(6-7-21-19)12-22-15(2)17-4-3-5-18(20)11-17/h3-7,10-11,14-15,22H,8-9,12-13H2,1-2H3/t14-,15-/m1/s1. The highest BCUT2D eigenvalue weighted by Gasteiger charge is 2.18. The number of benzene rings is 1. The summed E-state index contributed by atoms with van der Waals surface area (Å²) in [6.07, 6.45) is 2.08. The zero-order valence-electron chi connectivity index (χ0n) is 14.2. The van der Waals surface area contributed by atoms with Gasteiger partial charge in [-0.1, -0.05) is 12.1 Å². The van der Waals surface area contributed by atoms with Gasteiger partial charge in [0, 0.05) is 31.9 Å². The first-order chi connectivity index (χ1) is 11.6. The Kier molecular flexibility index (Phi) is 5.43. The number of anilines is 1. The predicted molar refractivity (Wildman–Crippen MR) is 93.5 cm³/mol. The van der Waals surface area contributed by atoms with E-state index in [1.807, 2.05) is 25.3 Å². The van der Waals surface area contributed by atoms with Crippen molar-refractivity contribution in [2.24, 2.45) is 0 Å². The van der Waals surface area contributed by atoms with E-state index in [1.165, 1.54) is 11.6 Å². The van der Waals surface area contributed by atoms with Gasteiger partial charge in [0.2, 0.25) is 0 Å². The fourth-order valence-electron chi connectivity index (χ4n) is 2.93. The van der Waals surface area contributed by atoms with E-state index in [-0.39, 0.29) is 18.0 Å². The van der Waals surface area contributed by atoms with Crippen molar-refractivity contribution in [1.82, 2.24) is 10.3 Å². The van der Waals surface area contributed by atoms with Gasteiger partial charge in [0.1, 0.15) is 11.6 Å². The summed E-state index contributed by atoms with van der Waals surface area (Å²) in [7, 11) is 0. The second kappa shape index (κ2) is 7.73. The Balaban J connectivity index is 1.62. The van der Waals surface area contributed by atoms with Gasteiger partial charge in [-0.15, -0.1) is 0 Å². The molecule has 128 valence electrons. The zero-order valence-corrected chi connectivity index (χ0v) is 14.2. The number of morpholine rings is 1. The first kappa shape index (κ1) is 16.9. The van der Waals surface area contributed by atoms with E-state index in [9.17, 15) is 4.39 Å². The van der Waals surface area contributed by atoms with E-state index in [0.29, 0.717) is 6.54 Å². The number of ether oxygens (including phenoxy) is 1. The summed E-state index contributed by atoms with van der Waals surface area (Å²) in [5.41, 5.74) is 2.12. The Labute approximate surface area is 142 Å². The molecule has 1 aromatic heterocycles. The van der Waals surface area contributed by atoms with Crippen molar-refractivity contribution in [3.8, 4) is 0 Å². The van der Waals surface area contributed by atoms with Crippen molar-refractivity contribution in [3.05, 3.63) is 59.5 Å². The molecule has 2 atom stereocenters. The molecule has 5 heteroatoms. The highest BCUT2D eigenvalue weighted by molar-refractivity contribution is 5.41. The van der Waals surface area contributed by atoms with Gasteiger partial charge < -0.3 is 15.0 Å². The van der Waals surface area contributed by atoms with Crippen LogP contribution in [-0.2, 0) is 11.3 Å². The molecule has 1 saturated heterocycles. The molecule has 1 aliphatic rings. The molecule has 3 rings (SSSR count). The summed E-state index contributed by atoms with van der Waals surface area (Å²) < 4.78 is 18.9. The highest BCUT2D eigenvalue weighted by Crippen LogP contribution is 2.18. The van der Waals surface area contributed by atoms with Gasteiger partial charge in [-0.25, -0.2) is 9.37 Å². The van der Waals surface area contributed by atoms with Crippen LogP contribution in [-0.4, -0.2) is 30.8 Å². The van der Waals surface area contributed by atoms with E-state index in [4.69, 9.17) is 4.74 Å². The maximum absolute atomic E-state index is 13.3. The Morgan fingerprint density at radius 1 is 1.38 bits per heavy atom. The third-order valence-electron chi connectivity index (χ3n) is 4.34. The largest absolute Gasteiger partial charge is 0.375 e. The number of hydrogen-bond donors (Lipinski definition) is 1. The molecule has 2 aromatic rings. The maximum atomic E-state index is 13.3. The van der Waals surface area contributed by atoms with E-state index >= 15 is 0 Å². The van der Waals surface area contributed by atoms with Crippen LogP contribution in [0.1, 0.15) is 31.0 Å². The van der Waals surface area contributed by atoms with Gasteiger partial charge in [0.25, 0.3) is 0 Å². The molecule has 0 unspecified atom stereocenters. The lowest BCUT2D eigenvalue weighted by Crippen LogP contribution is -2.41. The average Bonchev–Trinajstić information content (AvgIpc) is 2.60. The van der Waals surface area contributed by atoms with Gasteiger partial charge in [-0.3, -0.25) is 0 Å². The van der Waals surface area contributed by atoms with Crippen LogP contribution in [0.3, 0.4) is 0 Å². The van der Waals surface area contributed by atoms with Crippen molar-refractivity contribution in [3.63, 3.8) is 0 Å². The van der Waals surface area contributed by atoms with Gasteiger partial charge in [-0.2, -0.15) is 0 Å². The van der Waals surface area contributed by atoms with Crippen LogP contribution in [0, 0.1) is 5.82 Å². The summed E-state index contributed by atoms with van der Waals surface area (Å²) in [5.74, 6) is 0.789. The van der Waals surface area contributed by atoms with Crippen molar-refractivity contribution in [1.29, 1.82) is 0 Å². The fraction of sp³-hybridized carbons (Fsp3) is 0.421. The minimum Gasteiger partial charge on any atom is -0.375 e. The van der Waals surface area contributed by atoms with Gasteiger partial charge >= 0.3 is 0 Å². The van der Waals surface area contributed by atoms with Crippen molar-refractivity contribution >= 4 is 5.82 Å². The normalized spacial score (nSPS) is 19.3. The molecule has 0 amide bonds. The number of hydrogen-bond acceptors (Lipinski definition) is 4. The van der Waals surface area contributed by atoms with Crippen molar-refractivity contribution in [2.75, 3.05) is 24.6 Å². The molecule has 1 N–H and O–H groups in total. The third-order valence-corrected chi connectivity index (χ3v) is 4.34. The first-order valence-corrected chi connectivity index (χ1v) is 8.42. The van der Waals surface area contributed by atoms with Crippen LogP contribution in [0.25, 0.3) is 0 Å². The number of pyridine rings is 1. The maximum Gasteiger partial charge on any atom is 0.128 e. The second-order valence-electron chi connectivity index (χ2n) is 6.31. The smallest absolute Gasteiger partial charge is 0.128 e. The van der Waals surface area contributed by atoms with E-state index in [2.05, 4.69) is 28.2 Å². The van der Waals surface area contributed by atoms with Crippen molar-refractivity contribution < 1.29 is 9.13 Å². The number of halogens is 1. The molecule has 1 aliphatic heterocycles. The van der Waals surface area contributed by atoms with Crippen LogP contribution in [0.4, 0.5) is 10.2 Å². The second-order valence-corrected chi connectivity index (χ2v) is 6.31. The molecule has 1 fully saturated rings. The lowest BCUT2D eigenvalue weighted by Gasteiger charge is -2.32. The van der Waals surface area contributed by atoms with Crippen LogP contribution < -0.4 is 10.2 Å². The number of rotatable bonds is 5. The summed E-state index contributed by atoms with van der Waals surface area (Å²) in [5, 5.41) is 3.44. The Hall–Kier alpha value is -1.98. The van der Waals surface area contributed by atoms with E-state index in [1.54, 1.807) is 12.1 Å². The molecule has 1 aromatic carbocycles. The molecular weight excluding hydrogens is 305 g/mol. The lowest BCUT2D eigenvalue weighted by atomic mass is 10.1. The molecule has 0 spiro atoms. The van der Waals surface area contributed by atoms with Crippen LogP contribution >= 0.6 is 0 Å². The SMILES string of the molecule is C[C@@H]1CN(c2cc(CN[C@H](C)c3cccc(F)c3)ccn2)CCO1. The molecule has 2 heterocycles. The number of aromatic nitrogens is 1. The molecule has 0 radical (unpaired) electrons. The highest BCUT2D eigenvalue weighted by atomic mass is 19.1. The first-order valence-electron chi connectivity index (χ1n) is 8.42. The van der Waals surface area contributed by atoms with Gasteiger partial charge in [0.05, 0.1) is 12.7 Å². The summed E-state index contributed by atoms with van der Waals surface area (Å²) in [6.45, 7) is 7.31. The summed E-state index contributed by atoms with van der Waals surface area (Å²) in [6, 6.07) is 10.9. The minimum atomic E-state index is -0.200. The van der Waals surface area contributed by atoms with E-state index in [0.717, 1.165) is 31.1 Å². The number of nitrogens with zero attached hydrogens (tertiary/aromatic N) is 2. The Morgan fingerprint density at radius 3 is 3.04 bits per heavy atom. The van der Waals surface area contributed by atoms with Crippen LogP contribution in [0.15, 0.2) is 42.6 Å². The van der Waals surface area contributed by atoms with Gasteiger partial charge in [0.15, 0.2) is 0 Å². The van der Waals surface area contributed by atoms with E-state index < -0.39 is 0 Å². The van der Waals surface area contributed by atoms with Crippen LogP contribution in [0.5, 0.6) is 0 Å². The summed E-state index contributed by atoms with van der Waals surface area (Å²) >= 11 is 0. The molecule has 24 heavy (non-hydrogen) atoms. The van der Waals surface area contributed by atoms with Gasteiger partial charge in [-0.05, 0) is 49.2 Å². The lowest BCUT2D eigenvalue weighted by molar-refractivity contribution is 0.0529. The van der Waals surface area contributed by atoms with Crippen LogP contribution in [0.2, 0.25) is 0 Å². The quantitative estimate of drug-likeness (QED) is 0.913. The predicted octanol–water partition coefficient (Wildman–Crippen LogP) is 3.30. The molecule has 0 saturated carbocycles. The summed E-state index contributed by atoms with van der Waals surface area (Å²) in [4.78, 5) is 6.74. The fourth-order valence-corrected chi connectivity index (χ4v) is 2.93. The zero-order chi connectivity index (χ0) is 16.9. The number of nitrogens with one attached hydrogen (secondary N) is 1. The Bertz CT molecular complexity index is 679. The monoisotopic (exact) mass is 329 g/mol. The molecule has 0 aliphatic carbocycles. The minimum absolute atomic E-state index is 0.0840. The third kappa shape index (κ3) is 4.30. The molecular formula is C19H24FN3O. The molecule has 4 nitrogen and oxygen atoms in total. The molecule has 0 bridgehead atoms. The topological polar surface area (TPSA) is 37.4 Å². The Morgan fingerprint density at radius 2 is 2.25 bits per heavy atom.